The fraction of sp³-hybridized carbons (Fsp3) is 0.300. The number of carbonyl (C=O) groups is 2. The number of anilines is 2. The molecule has 2 aromatic rings. The van der Waals surface area contributed by atoms with E-state index in [2.05, 4.69) is 10.6 Å². The molecule has 2 atom stereocenters. The monoisotopic (exact) mass is 408 g/mol. The lowest BCUT2D eigenvalue weighted by molar-refractivity contribution is -0.885. The Hall–Kier alpha value is -2.08. The van der Waals surface area contributed by atoms with Crippen molar-refractivity contribution >= 4 is 46.4 Å². The van der Waals surface area contributed by atoms with Gasteiger partial charge in [0.15, 0.2) is 12.6 Å². The van der Waals surface area contributed by atoms with E-state index in [1.165, 1.54) is 0 Å². The van der Waals surface area contributed by atoms with Crippen LogP contribution in [-0.2, 0) is 9.59 Å². The molecule has 0 bridgehead atoms. The maximum Gasteiger partial charge on any atom is 0.282 e. The molecule has 0 heterocycles. The maximum absolute atomic E-state index is 12.5. The van der Waals surface area contributed by atoms with Gasteiger partial charge in [-0.25, -0.2) is 0 Å². The Morgan fingerprint density at radius 1 is 1.04 bits per heavy atom. The van der Waals surface area contributed by atoms with Gasteiger partial charge < -0.3 is 15.5 Å². The van der Waals surface area contributed by atoms with Gasteiger partial charge in [0.2, 0.25) is 0 Å². The van der Waals surface area contributed by atoms with Crippen LogP contribution < -0.4 is 15.5 Å². The highest BCUT2D eigenvalue weighted by Crippen LogP contribution is 2.25. The molecule has 0 fully saturated rings. The molecule has 0 saturated heterocycles. The van der Waals surface area contributed by atoms with Crippen LogP contribution in [0, 0.1) is 13.8 Å². The summed E-state index contributed by atoms with van der Waals surface area (Å²) in [5, 5.41) is 6.57. The lowest BCUT2D eigenvalue weighted by atomic mass is 10.1. The van der Waals surface area contributed by atoms with Gasteiger partial charge in [0.25, 0.3) is 11.8 Å². The number of rotatable bonds is 6. The van der Waals surface area contributed by atoms with Gasteiger partial charge in [-0.2, -0.15) is 0 Å². The molecule has 0 aliphatic carbocycles. The van der Waals surface area contributed by atoms with E-state index in [1.54, 1.807) is 32.2 Å². The molecule has 0 spiro atoms. The first-order valence-electron chi connectivity index (χ1n) is 8.62. The summed E-state index contributed by atoms with van der Waals surface area (Å²) in [5.74, 6) is -0.391. The summed E-state index contributed by atoms with van der Waals surface area (Å²) >= 11 is 12.0. The first kappa shape index (κ1) is 21.2. The van der Waals surface area contributed by atoms with Gasteiger partial charge in [-0.1, -0.05) is 35.3 Å². The predicted molar refractivity (Wildman–Crippen MR) is 111 cm³/mol. The highest BCUT2D eigenvalue weighted by Gasteiger charge is 2.24. The molecule has 1 unspecified atom stereocenters. The number of benzene rings is 2. The van der Waals surface area contributed by atoms with Crippen LogP contribution in [0.25, 0.3) is 0 Å². The molecule has 0 saturated carbocycles. The van der Waals surface area contributed by atoms with Crippen LogP contribution in [0.1, 0.15) is 18.1 Å². The molecular weight excluding hydrogens is 385 g/mol. The van der Waals surface area contributed by atoms with Crippen LogP contribution in [0.3, 0.4) is 0 Å². The Bertz CT molecular complexity index is 855. The standard InChI is InChI=1S/C20H23Cl2N3O2/c1-12-5-6-13(2)17(9-12)23-19(26)11-25(4)14(3)20(27)24-18-10-15(21)7-8-16(18)22/h5-10,14H,11H2,1-4H3,(H,23,26)(H,24,27)/p+1/t14-/m1/s1. The molecule has 5 nitrogen and oxygen atoms in total. The summed E-state index contributed by atoms with van der Waals surface area (Å²) in [6, 6.07) is 10.3. The second-order valence-corrected chi connectivity index (χ2v) is 7.57. The number of likely N-dealkylation sites (N-methyl/N-ethyl adjacent to an activating group) is 1. The molecule has 2 rings (SSSR count). The molecule has 27 heavy (non-hydrogen) atoms. The number of halogens is 2. The van der Waals surface area contributed by atoms with E-state index in [9.17, 15) is 9.59 Å². The average Bonchev–Trinajstić information content (AvgIpc) is 2.60. The Morgan fingerprint density at radius 3 is 2.44 bits per heavy atom. The molecule has 144 valence electrons. The average molecular weight is 409 g/mol. The minimum Gasteiger partial charge on any atom is -0.321 e. The lowest BCUT2D eigenvalue weighted by Crippen LogP contribution is -3.14. The molecule has 0 aromatic heterocycles. The smallest absolute Gasteiger partial charge is 0.282 e. The third kappa shape index (κ3) is 5.96. The SMILES string of the molecule is Cc1ccc(C)c(NC(=O)C[NH+](C)[C@H](C)C(=O)Nc2cc(Cl)ccc2Cl)c1. The summed E-state index contributed by atoms with van der Waals surface area (Å²) in [7, 11) is 1.80. The van der Waals surface area contributed by atoms with Gasteiger partial charge in [-0.05, 0) is 56.2 Å². The fourth-order valence-electron chi connectivity index (χ4n) is 2.53. The normalized spacial score (nSPS) is 13.0. The van der Waals surface area contributed by atoms with Crippen LogP contribution in [0.5, 0.6) is 0 Å². The Balaban J connectivity index is 1.96. The van der Waals surface area contributed by atoms with Crippen LogP contribution in [-0.4, -0.2) is 31.4 Å². The van der Waals surface area contributed by atoms with Gasteiger partial charge in [0.1, 0.15) is 0 Å². The summed E-state index contributed by atoms with van der Waals surface area (Å²) in [6.07, 6.45) is 0. The van der Waals surface area contributed by atoms with Gasteiger partial charge >= 0.3 is 0 Å². The summed E-state index contributed by atoms with van der Waals surface area (Å²) in [6.45, 7) is 5.83. The van der Waals surface area contributed by atoms with Gasteiger partial charge in [0.05, 0.1) is 17.8 Å². The zero-order chi connectivity index (χ0) is 20.1. The van der Waals surface area contributed by atoms with Crippen LogP contribution in [0.2, 0.25) is 10.0 Å². The number of hydrogen-bond acceptors (Lipinski definition) is 2. The number of amides is 2. The lowest BCUT2D eigenvalue weighted by Gasteiger charge is -2.21. The zero-order valence-electron chi connectivity index (χ0n) is 15.8. The quantitative estimate of drug-likeness (QED) is 0.687. The van der Waals surface area contributed by atoms with Crippen molar-refractivity contribution in [2.45, 2.75) is 26.8 Å². The van der Waals surface area contributed by atoms with Gasteiger partial charge in [-0.15, -0.1) is 0 Å². The van der Waals surface area contributed by atoms with Crippen LogP contribution in [0.15, 0.2) is 36.4 Å². The summed E-state index contributed by atoms with van der Waals surface area (Å²) in [5.41, 5.74) is 3.31. The maximum atomic E-state index is 12.5. The van der Waals surface area contributed by atoms with Gasteiger partial charge in [0, 0.05) is 10.7 Å². The van der Waals surface area contributed by atoms with Crippen molar-refractivity contribution in [2.24, 2.45) is 0 Å². The second kappa shape index (κ2) is 9.22. The first-order valence-corrected chi connectivity index (χ1v) is 9.38. The third-order valence-corrected chi connectivity index (χ3v) is 4.99. The molecule has 0 radical (unpaired) electrons. The summed E-state index contributed by atoms with van der Waals surface area (Å²) in [4.78, 5) is 25.6. The number of aryl methyl sites for hydroxylation is 2. The van der Waals surface area contributed by atoms with Crippen molar-refractivity contribution in [3.05, 3.63) is 57.6 Å². The Morgan fingerprint density at radius 2 is 1.74 bits per heavy atom. The number of quaternary nitrogens is 1. The molecule has 2 amide bonds. The molecule has 0 aliphatic heterocycles. The van der Waals surface area contributed by atoms with E-state index in [0.717, 1.165) is 21.7 Å². The van der Waals surface area contributed by atoms with Crippen LogP contribution >= 0.6 is 23.2 Å². The highest BCUT2D eigenvalue weighted by atomic mass is 35.5. The molecule has 7 heteroatoms. The van der Waals surface area contributed by atoms with E-state index >= 15 is 0 Å². The van der Waals surface area contributed by atoms with E-state index in [0.29, 0.717) is 15.7 Å². The first-order chi connectivity index (χ1) is 12.7. The predicted octanol–water partition coefficient (Wildman–Crippen LogP) is 3.09. The van der Waals surface area contributed by atoms with Crippen molar-refractivity contribution < 1.29 is 14.5 Å². The van der Waals surface area contributed by atoms with E-state index in [1.807, 2.05) is 32.0 Å². The highest BCUT2D eigenvalue weighted by molar-refractivity contribution is 6.35. The minimum absolute atomic E-state index is 0.151. The number of carbonyl (C=O) groups excluding carboxylic acids is 2. The fourth-order valence-corrected chi connectivity index (χ4v) is 2.87. The second-order valence-electron chi connectivity index (χ2n) is 6.72. The van der Waals surface area contributed by atoms with E-state index < -0.39 is 6.04 Å². The van der Waals surface area contributed by atoms with Gasteiger partial charge in [-0.3, -0.25) is 9.59 Å². The Kier molecular flexibility index (Phi) is 7.25. The van der Waals surface area contributed by atoms with E-state index in [4.69, 9.17) is 23.2 Å². The van der Waals surface area contributed by atoms with E-state index in [-0.39, 0.29) is 18.4 Å². The zero-order valence-corrected chi connectivity index (χ0v) is 17.3. The van der Waals surface area contributed by atoms with Crippen molar-refractivity contribution in [2.75, 3.05) is 24.2 Å². The summed E-state index contributed by atoms with van der Waals surface area (Å²) < 4.78 is 0. The van der Waals surface area contributed by atoms with Crippen molar-refractivity contribution in [3.8, 4) is 0 Å². The topological polar surface area (TPSA) is 62.6 Å². The third-order valence-electron chi connectivity index (χ3n) is 4.43. The largest absolute Gasteiger partial charge is 0.321 e. The minimum atomic E-state index is -0.454. The Labute approximate surface area is 169 Å². The number of hydrogen-bond donors (Lipinski definition) is 3. The molecule has 3 N–H and O–H groups in total. The van der Waals surface area contributed by atoms with Crippen molar-refractivity contribution in [3.63, 3.8) is 0 Å². The van der Waals surface area contributed by atoms with Crippen molar-refractivity contribution in [1.82, 2.24) is 0 Å². The van der Waals surface area contributed by atoms with Crippen molar-refractivity contribution in [1.29, 1.82) is 0 Å². The van der Waals surface area contributed by atoms with Crippen LogP contribution in [0.4, 0.5) is 11.4 Å². The number of nitrogens with one attached hydrogen (secondary N) is 3. The molecule has 0 aliphatic rings. The molecule has 2 aromatic carbocycles. The molecular formula is C20H24Cl2N3O2+.